The van der Waals surface area contributed by atoms with Crippen molar-refractivity contribution < 1.29 is 18.3 Å². The maximum absolute atomic E-state index is 12.7. The van der Waals surface area contributed by atoms with Crippen molar-refractivity contribution in [3.05, 3.63) is 29.3 Å². The van der Waals surface area contributed by atoms with Crippen LogP contribution in [0, 0.1) is 6.92 Å². The van der Waals surface area contributed by atoms with E-state index in [0.29, 0.717) is 12.0 Å². The lowest BCUT2D eigenvalue weighted by atomic mass is 10.0. The average Bonchev–Trinajstić information content (AvgIpc) is 2.24. The fraction of sp³-hybridized carbons (Fsp3) is 0.500. The Morgan fingerprint density at radius 2 is 1.94 bits per heavy atom. The lowest BCUT2D eigenvalue weighted by molar-refractivity contribution is 0.0250. The Labute approximate surface area is 98.5 Å². The molecule has 0 aliphatic heterocycles. The monoisotopic (exact) mass is 247 g/mol. The van der Waals surface area contributed by atoms with Gasteiger partial charge in [-0.05, 0) is 37.5 Å². The summed E-state index contributed by atoms with van der Waals surface area (Å²) in [5.74, 6) is 0.153. The molecule has 0 amide bonds. The highest BCUT2D eigenvalue weighted by atomic mass is 19.3. The molecule has 1 rings (SSSR count). The number of rotatable bonds is 5. The third-order valence-corrected chi connectivity index (χ3v) is 2.61. The van der Waals surface area contributed by atoms with E-state index in [2.05, 4.69) is 5.32 Å². The van der Waals surface area contributed by atoms with Crippen LogP contribution < -0.4 is 5.32 Å². The first-order valence-electron chi connectivity index (χ1n) is 5.37. The van der Waals surface area contributed by atoms with E-state index < -0.39 is 18.8 Å². The standard InChI is InChI=1S/C12H16F3NO/c1-7(16-12(15)11(13)14)6-9-4-3-5-10(17)8(9)2/h3-5,7,11-12,16-17H,6H2,1-2H3. The van der Waals surface area contributed by atoms with Crippen molar-refractivity contribution in [1.29, 1.82) is 0 Å². The van der Waals surface area contributed by atoms with E-state index in [1.54, 1.807) is 32.0 Å². The van der Waals surface area contributed by atoms with Crippen LogP contribution in [0.4, 0.5) is 13.2 Å². The van der Waals surface area contributed by atoms with Gasteiger partial charge >= 0.3 is 0 Å². The zero-order valence-corrected chi connectivity index (χ0v) is 9.75. The van der Waals surface area contributed by atoms with E-state index in [9.17, 15) is 18.3 Å². The van der Waals surface area contributed by atoms with Crippen molar-refractivity contribution in [1.82, 2.24) is 5.32 Å². The van der Waals surface area contributed by atoms with Crippen LogP contribution >= 0.6 is 0 Å². The number of hydrogen-bond donors (Lipinski definition) is 2. The molecule has 2 nitrogen and oxygen atoms in total. The number of aromatic hydroxyl groups is 1. The van der Waals surface area contributed by atoms with Gasteiger partial charge in [-0.3, -0.25) is 5.32 Å². The highest BCUT2D eigenvalue weighted by molar-refractivity contribution is 5.38. The summed E-state index contributed by atoms with van der Waals surface area (Å²) in [4.78, 5) is 0. The molecule has 1 aromatic rings. The smallest absolute Gasteiger partial charge is 0.282 e. The molecule has 17 heavy (non-hydrogen) atoms. The van der Waals surface area contributed by atoms with Gasteiger partial charge in [0.25, 0.3) is 6.43 Å². The van der Waals surface area contributed by atoms with Crippen LogP contribution in [-0.4, -0.2) is 23.9 Å². The molecule has 1 aromatic carbocycles. The number of halogens is 3. The van der Waals surface area contributed by atoms with Crippen LogP contribution in [0.1, 0.15) is 18.1 Å². The normalized spacial score (nSPS) is 14.9. The number of hydrogen-bond acceptors (Lipinski definition) is 2. The zero-order valence-electron chi connectivity index (χ0n) is 9.75. The van der Waals surface area contributed by atoms with Crippen molar-refractivity contribution in [2.75, 3.05) is 0 Å². The highest BCUT2D eigenvalue weighted by Crippen LogP contribution is 2.20. The lowest BCUT2D eigenvalue weighted by Crippen LogP contribution is -2.39. The summed E-state index contributed by atoms with van der Waals surface area (Å²) in [6, 6.07) is 4.57. The molecule has 0 saturated carbocycles. The van der Waals surface area contributed by atoms with Crippen LogP contribution in [-0.2, 0) is 6.42 Å². The number of nitrogens with one attached hydrogen (secondary N) is 1. The topological polar surface area (TPSA) is 32.3 Å². The Balaban J connectivity index is 2.62. The molecule has 0 radical (unpaired) electrons. The molecular weight excluding hydrogens is 231 g/mol. The molecule has 0 heterocycles. The molecule has 5 heteroatoms. The Morgan fingerprint density at radius 3 is 2.53 bits per heavy atom. The number of phenolic OH excluding ortho intramolecular Hbond substituents is 1. The first-order valence-corrected chi connectivity index (χ1v) is 5.37. The minimum atomic E-state index is -3.03. The summed E-state index contributed by atoms with van der Waals surface area (Å²) in [6.45, 7) is 3.36. The van der Waals surface area contributed by atoms with E-state index in [0.717, 1.165) is 5.56 Å². The van der Waals surface area contributed by atoms with E-state index in [-0.39, 0.29) is 5.75 Å². The van der Waals surface area contributed by atoms with Crippen molar-refractivity contribution in [2.24, 2.45) is 0 Å². The van der Waals surface area contributed by atoms with Gasteiger partial charge in [-0.25, -0.2) is 13.2 Å². The molecule has 0 aliphatic carbocycles. The molecule has 0 aliphatic rings. The second-order valence-corrected chi connectivity index (χ2v) is 4.07. The van der Waals surface area contributed by atoms with Crippen molar-refractivity contribution in [3.8, 4) is 5.75 Å². The fourth-order valence-electron chi connectivity index (χ4n) is 1.62. The summed E-state index contributed by atoms with van der Waals surface area (Å²) < 4.78 is 36.7. The van der Waals surface area contributed by atoms with Crippen molar-refractivity contribution >= 4 is 0 Å². The Hall–Kier alpha value is -1.23. The summed E-state index contributed by atoms with van der Waals surface area (Å²) in [7, 11) is 0. The molecule has 2 N–H and O–H groups in total. The van der Waals surface area contributed by atoms with Crippen molar-refractivity contribution in [3.63, 3.8) is 0 Å². The van der Waals surface area contributed by atoms with Gasteiger partial charge < -0.3 is 5.11 Å². The Kier molecular flexibility index (Phi) is 4.81. The molecule has 0 saturated heterocycles. The summed E-state index contributed by atoms with van der Waals surface area (Å²) in [5, 5.41) is 11.6. The zero-order chi connectivity index (χ0) is 13.0. The van der Waals surface area contributed by atoms with Gasteiger partial charge in [0.2, 0.25) is 6.30 Å². The SMILES string of the molecule is Cc1c(O)cccc1CC(C)NC(F)C(F)F. The van der Waals surface area contributed by atoms with Gasteiger partial charge in [0, 0.05) is 6.04 Å². The first-order chi connectivity index (χ1) is 7.91. The maximum atomic E-state index is 12.7. The molecular formula is C12H16F3NO. The van der Waals surface area contributed by atoms with Crippen LogP contribution in [0.5, 0.6) is 5.75 Å². The van der Waals surface area contributed by atoms with Gasteiger partial charge in [0.1, 0.15) is 5.75 Å². The third kappa shape index (κ3) is 3.93. The molecule has 0 bridgehead atoms. The van der Waals surface area contributed by atoms with Gasteiger partial charge in [0.05, 0.1) is 0 Å². The van der Waals surface area contributed by atoms with E-state index in [1.165, 1.54) is 0 Å². The molecule has 2 unspecified atom stereocenters. The van der Waals surface area contributed by atoms with Crippen LogP contribution in [0.3, 0.4) is 0 Å². The largest absolute Gasteiger partial charge is 0.508 e. The lowest BCUT2D eigenvalue weighted by Gasteiger charge is -2.18. The second-order valence-electron chi connectivity index (χ2n) is 4.07. The van der Waals surface area contributed by atoms with E-state index in [4.69, 9.17) is 0 Å². The van der Waals surface area contributed by atoms with Crippen LogP contribution in [0.2, 0.25) is 0 Å². The van der Waals surface area contributed by atoms with E-state index >= 15 is 0 Å². The average molecular weight is 247 g/mol. The molecule has 0 aromatic heterocycles. The second kappa shape index (κ2) is 5.91. The Bertz CT molecular complexity index is 371. The molecule has 2 atom stereocenters. The molecule has 0 spiro atoms. The summed E-state index contributed by atoms with van der Waals surface area (Å²) in [5.41, 5.74) is 1.50. The van der Waals surface area contributed by atoms with Crippen molar-refractivity contribution in [2.45, 2.75) is 39.0 Å². The summed E-state index contributed by atoms with van der Waals surface area (Å²) >= 11 is 0. The predicted octanol–water partition coefficient (Wildman–Crippen LogP) is 2.78. The first kappa shape index (κ1) is 13.8. The fourth-order valence-corrected chi connectivity index (χ4v) is 1.62. The Morgan fingerprint density at radius 1 is 1.29 bits per heavy atom. The molecule has 96 valence electrons. The quantitative estimate of drug-likeness (QED) is 0.784. The molecule has 0 fully saturated rings. The van der Waals surface area contributed by atoms with Gasteiger partial charge in [-0.2, -0.15) is 0 Å². The number of phenols is 1. The van der Waals surface area contributed by atoms with Gasteiger partial charge in [-0.1, -0.05) is 12.1 Å². The minimum absolute atomic E-state index is 0.153. The van der Waals surface area contributed by atoms with Crippen LogP contribution in [0.15, 0.2) is 18.2 Å². The number of alkyl halides is 3. The predicted molar refractivity (Wildman–Crippen MR) is 60.0 cm³/mol. The number of benzene rings is 1. The highest BCUT2D eigenvalue weighted by Gasteiger charge is 2.21. The summed E-state index contributed by atoms with van der Waals surface area (Å²) in [6.07, 6.45) is -4.96. The third-order valence-electron chi connectivity index (χ3n) is 2.61. The van der Waals surface area contributed by atoms with Crippen LogP contribution in [0.25, 0.3) is 0 Å². The maximum Gasteiger partial charge on any atom is 0.282 e. The van der Waals surface area contributed by atoms with Gasteiger partial charge in [0.15, 0.2) is 0 Å². The van der Waals surface area contributed by atoms with Gasteiger partial charge in [-0.15, -0.1) is 0 Å². The van der Waals surface area contributed by atoms with E-state index in [1.807, 2.05) is 0 Å². The minimum Gasteiger partial charge on any atom is -0.508 e.